The van der Waals surface area contributed by atoms with Gasteiger partial charge in [0.1, 0.15) is 0 Å². The summed E-state index contributed by atoms with van der Waals surface area (Å²) in [5.41, 5.74) is 2.30. The largest absolute Gasteiger partial charge is 0.352 e. The molecule has 0 saturated carbocycles. The number of aromatic nitrogens is 1. The molecule has 0 aliphatic carbocycles. The second kappa shape index (κ2) is 9.09. The maximum Gasteiger partial charge on any atom is 0.256 e. The number of nitrogens with zero attached hydrogens (tertiary/aromatic N) is 1. The van der Waals surface area contributed by atoms with Crippen molar-refractivity contribution in [2.45, 2.75) is 6.42 Å². The number of carbonyl (C=O) groups excluding carboxylic acids is 2. The Kier molecular flexibility index (Phi) is 6.33. The van der Waals surface area contributed by atoms with Crippen LogP contribution in [-0.4, -0.2) is 23.3 Å². The van der Waals surface area contributed by atoms with E-state index in [9.17, 15) is 9.59 Å². The number of amides is 2. The number of hydrogen-bond donors (Lipinski definition) is 2. The third-order valence-corrected chi connectivity index (χ3v) is 4.62. The summed E-state index contributed by atoms with van der Waals surface area (Å²) in [6.07, 6.45) is 2.36. The molecule has 1 aromatic heterocycles. The van der Waals surface area contributed by atoms with Crippen LogP contribution >= 0.6 is 15.9 Å². The van der Waals surface area contributed by atoms with Crippen LogP contribution in [0.3, 0.4) is 0 Å². The highest BCUT2D eigenvalue weighted by Gasteiger charge is 2.15. The van der Waals surface area contributed by atoms with Gasteiger partial charge in [-0.05, 0) is 52.3 Å². The van der Waals surface area contributed by atoms with E-state index in [-0.39, 0.29) is 11.8 Å². The second-order valence-electron chi connectivity index (χ2n) is 5.81. The average molecular weight is 424 g/mol. The molecule has 3 aromatic rings. The molecule has 136 valence electrons. The Morgan fingerprint density at radius 2 is 1.56 bits per heavy atom. The lowest BCUT2D eigenvalue weighted by Crippen LogP contribution is -2.27. The Labute approximate surface area is 166 Å². The van der Waals surface area contributed by atoms with Gasteiger partial charge in [0.25, 0.3) is 11.8 Å². The Bertz CT molecular complexity index is 945. The van der Waals surface area contributed by atoms with E-state index in [2.05, 4.69) is 31.5 Å². The molecule has 3 rings (SSSR count). The van der Waals surface area contributed by atoms with Gasteiger partial charge in [-0.1, -0.05) is 30.3 Å². The summed E-state index contributed by atoms with van der Waals surface area (Å²) in [4.78, 5) is 29.3. The molecule has 1 heterocycles. The Hall–Kier alpha value is -2.99. The molecule has 0 aliphatic heterocycles. The van der Waals surface area contributed by atoms with Gasteiger partial charge in [0, 0.05) is 29.3 Å². The van der Waals surface area contributed by atoms with E-state index in [4.69, 9.17) is 0 Å². The molecule has 2 amide bonds. The first kappa shape index (κ1) is 18.8. The number of rotatable bonds is 6. The molecule has 6 heteroatoms. The summed E-state index contributed by atoms with van der Waals surface area (Å²) in [5, 5.41) is 5.69. The standard InChI is InChI=1S/C21H18BrN3O2/c22-18-10-3-1-8-16(18)21(27)25-19-11-4-2-9-17(19)20(26)24-14-12-15-7-5-6-13-23-15/h1-11,13H,12,14H2,(H,24,26)(H,25,27). The van der Waals surface area contributed by atoms with Crippen molar-refractivity contribution in [3.63, 3.8) is 0 Å². The van der Waals surface area contributed by atoms with Crippen molar-refractivity contribution in [2.75, 3.05) is 11.9 Å². The maximum atomic E-state index is 12.5. The molecule has 0 spiro atoms. The van der Waals surface area contributed by atoms with E-state index in [1.165, 1.54) is 0 Å². The normalized spacial score (nSPS) is 10.3. The SMILES string of the molecule is O=C(Nc1ccccc1C(=O)NCCc1ccccn1)c1ccccc1Br. The van der Waals surface area contributed by atoms with Gasteiger partial charge in [-0.15, -0.1) is 0 Å². The van der Waals surface area contributed by atoms with Crippen LogP contribution in [0.25, 0.3) is 0 Å². The summed E-state index contributed by atoms with van der Waals surface area (Å²) < 4.78 is 0.694. The van der Waals surface area contributed by atoms with E-state index in [1.807, 2.05) is 24.3 Å². The molecule has 2 aromatic carbocycles. The number of carbonyl (C=O) groups is 2. The van der Waals surface area contributed by atoms with Crippen LogP contribution in [0.4, 0.5) is 5.69 Å². The van der Waals surface area contributed by atoms with Crippen LogP contribution in [0.15, 0.2) is 77.4 Å². The van der Waals surface area contributed by atoms with E-state index < -0.39 is 0 Å². The minimum atomic E-state index is -0.281. The van der Waals surface area contributed by atoms with Crippen LogP contribution in [0.5, 0.6) is 0 Å². The first-order chi connectivity index (χ1) is 13.1. The van der Waals surface area contributed by atoms with Gasteiger partial charge in [0.05, 0.1) is 16.8 Å². The average Bonchev–Trinajstić information content (AvgIpc) is 2.69. The van der Waals surface area contributed by atoms with Gasteiger partial charge in [-0.3, -0.25) is 14.6 Å². The number of nitrogens with one attached hydrogen (secondary N) is 2. The fourth-order valence-electron chi connectivity index (χ4n) is 2.57. The molecule has 0 unspecified atom stereocenters. The Morgan fingerprint density at radius 1 is 0.852 bits per heavy atom. The zero-order valence-corrected chi connectivity index (χ0v) is 16.1. The number of para-hydroxylation sites is 1. The summed E-state index contributed by atoms with van der Waals surface area (Å²) in [6, 6.07) is 19.8. The number of pyridine rings is 1. The van der Waals surface area contributed by atoms with Crippen molar-refractivity contribution in [3.05, 3.63) is 94.2 Å². The van der Waals surface area contributed by atoms with Crippen molar-refractivity contribution in [3.8, 4) is 0 Å². The van der Waals surface area contributed by atoms with Crippen LogP contribution in [0.1, 0.15) is 26.4 Å². The van der Waals surface area contributed by atoms with E-state index in [1.54, 1.807) is 48.7 Å². The number of benzene rings is 2. The molecule has 0 bridgehead atoms. The second-order valence-corrected chi connectivity index (χ2v) is 6.66. The predicted octanol–water partition coefficient (Wildman–Crippen LogP) is 4.07. The van der Waals surface area contributed by atoms with Gasteiger partial charge >= 0.3 is 0 Å². The summed E-state index contributed by atoms with van der Waals surface area (Å²) in [7, 11) is 0. The van der Waals surface area contributed by atoms with Gasteiger partial charge in [-0.2, -0.15) is 0 Å². The van der Waals surface area contributed by atoms with Crippen molar-refractivity contribution in [2.24, 2.45) is 0 Å². The molecular weight excluding hydrogens is 406 g/mol. The highest BCUT2D eigenvalue weighted by molar-refractivity contribution is 9.10. The van der Waals surface area contributed by atoms with Gasteiger partial charge in [0.15, 0.2) is 0 Å². The lowest BCUT2D eigenvalue weighted by Gasteiger charge is -2.12. The van der Waals surface area contributed by atoms with Crippen LogP contribution in [0.2, 0.25) is 0 Å². The molecule has 0 fully saturated rings. The third kappa shape index (κ3) is 5.01. The zero-order chi connectivity index (χ0) is 19.1. The molecule has 5 nitrogen and oxygen atoms in total. The molecule has 0 aliphatic rings. The van der Waals surface area contributed by atoms with Crippen molar-refractivity contribution in [1.82, 2.24) is 10.3 Å². The molecule has 0 saturated heterocycles. The van der Waals surface area contributed by atoms with Gasteiger partial charge in [-0.25, -0.2) is 0 Å². The topological polar surface area (TPSA) is 71.1 Å². The summed E-state index contributed by atoms with van der Waals surface area (Å²) in [6.45, 7) is 0.461. The minimum absolute atomic E-state index is 0.242. The predicted molar refractivity (Wildman–Crippen MR) is 109 cm³/mol. The van der Waals surface area contributed by atoms with Crippen LogP contribution in [-0.2, 0) is 6.42 Å². The zero-order valence-electron chi connectivity index (χ0n) is 14.5. The first-order valence-corrected chi connectivity index (χ1v) is 9.27. The monoisotopic (exact) mass is 423 g/mol. The number of hydrogen-bond acceptors (Lipinski definition) is 3. The highest BCUT2D eigenvalue weighted by atomic mass is 79.9. The lowest BCUT2D eigenvalue weighted by molar-refractivity contribution is 0.0955. The van der Waals surface area contributed by atoms with Crippen LogP contribution in [0, 0.1) is 0 Å². The summed E-state index contributed by atoms with van der Waals surface area (Å²) >= 11 is 3.37. The lowest BCUT2D eigenvalue weighted by atomic mass is 10.1. The van der Waals surface area contributed by atoms with Crippen LogP contribution < -0.4 is 10.6 Å². The molecule has 0 radical (unpaired) electrons. The van der Waals surface area contributed by atoms with Gasteiger partial charge < -0.3 is 10.6 Å². The number of halogens is 1. The third-order valence-electron chi connectivity index (χ3n) is 3.93. The van der Waals surface area contributed by atoms with E-state index in [0.29, 0.717) is 34.3 Å². The van der Waals surface area contributed by atoms with E-state index in [0.717, 1.165) is 5.69 Å². The van der Waals surface area contributed by atoms with Crippen molar-refractivity contribution >= 4 is 33.4 Å². The van der Waals surface area contributed by atoms with Gasteiger partial charge in [0.2, 0.25) is 0 Å². The van der Waals surface area contributed by atoms with E-state index >= 15 is 0 Å². The van der Waals surface area contributed by atoms with Crippen molar-refractivity contribution in [1.29, 1.82) is 0 Å². The Balaban J connectivity index is 1.67. The fourth-order valence-corrected chi connectivity index (χ4v) is 3.04. The molecule has 2 N–H and O–H groups in total. The number of anilines is 1. The molecular formula is C21H18BrN3O2. The Morgan fingerprint density at radius 3 is 2.30 bits per heavy atom. The summed E-state index contributed by atoms with van der Waals surface area (Å²) in [5.74, 6) is -0.523. The fraction of sp³-hybridized carbons (Fsp3) is 0.0952. The molecule has 27 heavy (non-hydrogen) atoms. The van der Waals surface area contributed by atoms with Crippen molar-refractivity contribution < 1.29 is 9.59 Å². The molecule has 0 atom stereocenters. The quantitative estimate of drug-likeness (QED) is 0.627. The minimum Gasteiger partial charge on any atom is -0.352 e. The smallest absolute Gasteiger partial charge is 0.256 e. The highest BCUT2D eigenvalue weighted by Crippen LogP contribution is 2.20. The first-order valence-electron chi connectivity index (χ1n) is 8.48. The maximum absolute atomic E-state index is 12.5.